The predicted octanol–water partition coefficient (Wildman–Crippen LogP) is 3.48. The standard InChI is InChI=1S/C12H16F3NO/c1-8(11(2,3)17-16)9-4-6-10(7-5-9)12(13,14)15/h4-8H,16H2,1-3H3. The largest absolute Gasteiger partial charge is 0.416 e. The third kappa shape index (κ3) is 3.20. The average molecular weight is 247 g/mol. The molecular weight excluding hydrogens is 231 g/mol. The van der Waals surface area contributed by atoms with E-state index in [4.69, 9.17) is 10.7 Å². The molecule has 0 aliphatic carbocycles. The van der Waals surface area contributed by atoms with Crippen LogP contribution in [0.4, 0.5) is 13.2 Å². The molecule has 17 heavy (non-hydrogen) atoms. The van der Waals surface area contributed by atoms with E-state index in [0.29, 0.717) is 0 Å². The van der Waals surface area contributed by atoms with Crippen molar-refractivity contribution >= 4 is 0 Å². The van der Waals surface area contributed by atoms with Crippen LogP contribution in [0.5, 0.6) is 0 Å². The molecule has 0 aromatic heterocycles. The summed E-state index contributed by atoms with van der Waals surface area (Å²) < 4.78 is 37.1. The first-order valence-electron chi connectivity index (χ1n) is 5.23. The highest BCUT2D eigenvalue weighted by Gasteiger charge is 2.31. The second kappa shape index (κ2) is 4.66. The van der Waals surface area contributed by atoms with Crippen molar-refractivity contribution in [2.75, 3.05) is 0 Å². The highest BCUT2D eigenvalue weighted by atomic mass is 19.4. The lowest BCUT2D eigenvalue weighted by molar-refractivity contribution is -0.137. The average Bonchev–Trinajstić information content (AvgIpc) is 2.27. The molecule has 0 aliphatic heterocycles. The Labute approximate surface area is 98.5 Å². The van der Waals surface area contributed by atoms with Gasteiger partial charge in [0.1, 0.15) is 0 Å². The minimum Gasteiger partial charge on any atom is -0.298 e. The Balaban J connectivity index is 2.96. The fourth-order valence-corrected chi connectivity index (χ4v) is 1.46. The van der Waals surface area contributed by atoms with Crippen molar-refractivity contribution in [3.63, 3.8) is 0 Å². The molecule has 1 atom stereocenters. The number of hydrogen-bond donors (Lipinski definition) is 1. The van der Waals surface area contributed by atoms with Gasteiger partial charge in [-0.1, -0.05) is 19.1 Å². The minimum atomic E-state index is -4.30. The number of halogens is 3. The molecule has 1 rings (SSSR count). The Hall–Kier alpha value is -1.07. The van der Waals surface area contributed by atoms with Crippen molar-refractivity contribution in [1.29, 1.82) is 0 Å². The predicted molar refractivity (Wildman–Crippen MR) is 59.2 cm³/mol. The Kier molecular flexibility index (Phi) is 3.84. The first-order chi connectivity index (χ1) is 7.68. The quantitative estimate of drug-likeness (QED) is 0.830. The second-order valence-electron chi connectivity index (χ2n) is 4.56. The molecule has 5 heteroatoms. The molecule has 0 saturated carbocycles. The number of rotatable bonds is 3. The minimum absolute atomic E-state index is 0.102. The molecule has 2 nitrogen and oxygen atoms in total. The second-order valence-corrected chi connectivity index (χ2v) is 4.56. The van der Waals surface area contributed by atoms with Gasteiger partial charge in [-0.05, 0) is 31.5 Å². The molecule has 96 valence electrons. The zero-order valence-corrected chi connectivity index (χ0v) is 10.0. The van der Waals surface area contributed by atoms with Crippen LogP contribution in [0.3, 0.4) is 0 Å². The molecule has 0 aliphatic rings. The van der Waals surface area contributed by atoms with Crippen molar-refractivity contribution in [2.24, 2.45) is 5.90 Å². The van der Waals surface area contributed by atoms with E-state index in [1.165, 1.54) is 12.1 Å². The summed E-state index contributed by atoms with van der Waals surface area (Å²) in [6.07, 6.45) is -4.30. The smallest absolute Gasteiger partial charge is 0.298 e. The van der Waals surface area contributed by atoms with E-state index in [-0.39, 0.29) is 5.92 Å². The van der Waals surface area contributed by atoms with Gasteiger partial charge >= 0.3 is 6.18 Å². The van der Waals surface area contributed by atoms with Gasteiger partial charge in [-0.2, -0.15) is 13.2 Å². The van der Waals surface area contributed by atoms with Gasteiger partial charge in [0, 0.05) is 5.92 Å². The Morgan fingerprint density at radius 1 is 1.12 bits per heavy atom. The molecule has 0 amide bonds. The van der Waals surface area contributed by atoms with E-state index in [9.17, 15) is 13.2 Å². The lowest BCUT2D eigenvalue weighted by atomic mass is 9.86. The van der Waals surface area contributed by atoms with Crippen LogP contribution in [0, 0.1) is 0 Å². The van der Waals surface area contributed by atoms with Crippen LogP contribution in [0.25, 0.3) is 0 Å². The molecule has 0 saturated heterocycles. The zero-order chi connectivity index (χ0) is 13.3. The van der Waals surface area contributed by atoms with Gasteiger partial charge in [-0.15, -0.1) is 0 Å². The number of benzene rings is 1. The van der Waals surface area contributed by atoms with Crippen LogP contribution in [0.15, 0.2) is 24.3 Å². The maximum absolute atomic E-state index is 12.4. The van der Waals surface area contributed by atoms with Crippen LogP contribution in [-0.4, -0.2) is 5.60 Å². The van der Waals surface area contributed by atoms with Crippen LogP contribution >= 0.6 is 0 Å². The van der Waals surface area contributed by atoms with E-state index in [2.05, 4.69) is 0 Å². The van der Waals surface area contributed by atoms with Crippen LogP contribution in [-0.2, 0) is 11.0 Å². The van der Waals surface area contributed by atoms with Gasteiger partial charge < -0.3 is 0 Å². The van der Waals surface area contributed by atoms with E-state index in [1.54, 1.807) is 13.8 Å². The summed E-state index contributed by atoms with van der Waals surface area (Å²) in [6, 6.07) is 5.04. The summed E-state index contributed by atoms with van der Waals surface area (Å²) in [4.78, 5) is 4.83. The van der Waals surface area contributed by atoms with Gasteiger partial charge in [0.05, 0.1) is 11.2 Å². The molecular formula is C12H16F3NO. The SMILES string of the molecule is CC(c1ccc(C(F)(F)F)cc1)C(C)(C)ON. The van der Waals surface area contributed by atoms with Crippen molar-refractivity contribution < 1.29 is 18.0 Å². The van der Waals surface area contributed by atoms with Gasteiger partial charge in [-0.3, -0.25) is 4.84 Å². The molecule has 0 bridgehead atoms. The Bertz CT molecular complexity index is 370. The highest BCUT2D eigenvalue weighted by Crippen LogP contribution is 2.33. The molecule has 2 N–H and O–H groups in total. The summed E-state index contributed by atoms with van der Waals surface area (Å²) in [5.41, 5.74) is -0.520. The summed E-state index contributed by atoms with van der Waals surface area (Å²) in [7, 11) is 0. The first-order valence-corrected chi connectivity index (χ1v) is 5.23. The first kappa shape index (κ1) is 14.0. The third-order valence-corrected chi connectivity index (χ3v) is 3.08. The van der Waals surface area contributed by atoms with Crippen molar-refractivity contribution in [1.82, 2.24) is 0 Å². The van der Waals surface area contributed by atoms with Crippen molar-refractivity contribution in [3.8, 4) is 0 Å². The molecule has 0 spiro atoms. The normalized spacial score (nSPS) is 14.8. The van der Waals surface area contributed by atoms with E-state index in [1.807, 2.05) is 6.92 Å². The summed E-state index contributed by atoms with van der Waals surface area (Å²) in [5, 5.41) is 0. The van der Waals surface area contributed by atoms with Crippen LogP contribution < -0.4 is 5.90 Å². The monoisotopic (exact) mass is 247 g/mol. The third-order valence-electron chi connectivity index (χ3n) is 3.08. The summed E-state index contributed by atoms with van der Waals surface area (Å²) >= 11 is 0. The van der Waals surface area contributed by atoms with Gasteiger partial charge in [0.15, 0.2) is 0 Å². The summed E-state index contributed by atoms with van der Waals surface area (Å²) in [6.45, 7) is 5.43. The maximum atomic E-state index is 12.4. The zero-order valence-electron chi connectivity index (χ0n) is 10.0. The van der Waals surface area contributed by atoms with Crippen LogP contribution in [0.1, 0.15) is 37.8 Å². The molecule has 1 unspecified atom stereocenters. The Morgan fingerprint density at radius 2 is 1.59 bits per heavy atom. The number of alkyl halides is 3. The van der Waals surface area contributed by atoms with Crippen molar-refractivity contribution in [3.05, 3.63) is 35.4 Å². The van der Waals surface area contributed by atoms with Gasteiger partial charge in [-0.25, -0.2) is 5.90 Å². The topological polar surface area (TPSA) is 35.2 Å². The molecule has 1 aromatic carbocycles. The molecule has 1 aromatic rings. The fraction of sp³-hybridized carbons (Fsp3) is 0.500. The van der Waals surface area contributed by atoms with E-state index >= 15 is 0 Å². The Morgan fingerprint density at radius 3 is 1.94 bits per heavy atom. The number of nitrogens with two attached hydrogens (primary N) is 1. The number of hydrogen-bond acceptors (Lipinski definition) is 2. The maximum Gasteiger partial charge on any atom is 0.416 e. The molecule has 0 radical (unpaired) electrons. The summed E-state index contributed by atoms with van der Waals surface area (Å²) in [5.74, 6) is 5.06. The van der Waals surface area contributed by atoms with Gasteiger partial charge in [0.2, 0.25) is 0 Å². The lowest BCUT2D eigenvalue weighted by Crippen LogP contribution is -2.34. The van der Waals surface area contributed by atoms with E-state index in [0.717, 1.165) is 17.7 Å². The molecule has 0 fully saturated rings. The van der Waals surface area contributed by atoms with E-state index < -0.39 is 17.3 Å². The lowest BCUT2D eigenvalue weighted by Gasteiger charge is -2.29. The fourth-order valence-electron chi connectivity index (χ4n) is 1.46. The van der Waals surface area contributed by atoms with Crippen molar-refractivity contribution in [2.45, 2.75) is 38.5 Å². The molecule has 0 heterocycles. The highest BCUT2D eigenvalue weighted by molar-refractivity contribution is 5.28. The van der Waals surface area contributed by atoms with Crippen LogP contribution in [0.2, 0.25) is 0 Å². The van der Waals surface area contributed by atoms with Gasteiger partial charge in [0.25, 0.3) is 0 Å².